The molecule has 1 aliphatic rings. The number of fused-ring (bicyclic) bond motifs is 3. The van der Waals surface area contributed by atoms with Gasteiger partial charge in [0.15, 0.2) is 5.82 Å². The summed E-state index contributed by atoms with van der Waals surface area (Å²) in [4.78, 5) is 39.0. The van der Waals surface area contributed by atoms with Gasteiger partial charge >= 0.3 is 12.1 Å². The number of hydrogen-bond acceptors (Lipinski definition) is 5. The summed E-state index contributed by atoms with van der Waals surface area (Å²) in [5.41, 5.74) is 5.43. The molecule has 5 rings (SSSR count). The fourth-order valence-electron chi connectivity index (χ4n) is 4.93. The Morgan fingerprint density at radius 2 is 1.56 bits per heavy atom. The molecule has 1 heterocycles. The number of amides is 2. The highest BCUT2D eigenvalue weighted by atomic mass is 16.5. The van der Waals surface area contributed by atoms with E-state index in [1.807, 2.05) is 66.7 Å². The number of nitrogens with one attached hydrogen (secondary N) is 1. The number of ether oxygens (including phenoxy) is 1. The summed E-state index contributed by atoms with van der Waals surface area (Å²) in [5.74, 6) is -1.51. The molecule has 0 unspecified atom stereocenters. The molecule has 1 aliphatic carbocycles. The maximum Gasteiger partial charge on any atom is 0.412 e. The minimum Gasteiger partial charge on any atom is -0.481 e. The molecule has 0 saturated carbocycles. The van der Waals surface area contributed by atoms with Crippen LogP contribution in [0.15, 0.2) is 85.1 Å². The molecule has 39 heavy (non-hydrogen) atoms. The molecule has 198 valence electrons. The molecule has 9 heteroatoms. The molecular formula is C30H28N4O5. The molecule has 0 radical (unpaired) electrons. The van der Waals surface area contributed by atoms with Crippen LogP contribution in [-0.2, 0) is 23.1 Å². The van der Waals surface area contributed by atoms with Crippen LogP contribution in [0.1, 0.15) is 39.4 Å². The topological polar surface area (TPSA) is 114 Å². The van der Waals surface area contributed by atoms with Gasteiger partial charge in [-0.1, -0.05) is 78.9 Å². The molecule has 1 aromatic heterocycles. The van der Waals surface area contributed by atoms with Gasteiger partial charge in [0.2, 0.25) is 0 Å². The lowest BCUT2D eigenvalue weighted by atomic mass is 9.98. The fourth-order valence-corrected chi connectivity index (χ4v) is 4.93. The molecular weight excluding hydrogens is 496 g/mol. The maximum atomic E-state index is 13.5. The lowest BCUT2D eigenvalue weighted by Crippen LogP contribution is -2.33. The zero-order chi connectivity index (χ0) is 27.4. The van der Waals surface area contributed by atoms with Crippen molar-refractivity contribution in [2.24, 2.45) is 7.05 Å². The number of carboxylic acid groups (broad SMARTS) is 1. The van der Waals surface area contributed by atoms with Crippen LogP contribution in [0.25, 0.3) is 11.1 Å². The van der Waals surface area contributed by atoms with E-state index in [0.717, 1.165) is 27.8 Å². The number of anilines is 1. The number of carbonyl (C=O) groups excluding carboxylic acids is 2. The maximum absolute atomic E-state index is 13.5. The second kappa shape index (κ2) is 11.2. The van der Waals surface area contributed by atoms with Gasteiger partial charge in [0, 0.05) is 32.3 Å². The molecule has 0 aliphatic heterocycles. The highest BCUT2D eigenvalue weighted by Gasteiger charge is 2.30. The lowest BCUT2D eigenvalue weighted by Gasteiger charge is -2.22. The molecule has 9 nitrogen and oxygen atoms in total. The Labute approximate surface area is 225 Å². The van der Waals surface area contributed by atoms with Crippen LogP contribution in [0.2, 0.25) is 0 Å². The lowest BCUT2D eigenvalue weighted by molar-refractivity contribution is -0.137. The van der Waals surface area contributed by atoms with Gasteiger partial charge in [-0.3, -0.25) is 19.6 Å². The average molecular weight is 525 g/mol. The number of rotatable bonds is 9. The highest BCUT2D eigenvalue weighted by Crippen LogP contribution is 2.44. The summed E-state index contributed by atoms with van der Waals surface area (Å²) in [7, 11) is 1.64. The Bertz CT molecular complexity index is 1470. The Balaban J connectivity index is 1.30. The third kappa shape index (κ3) is 5.67. The van der Waals surface area contributed by atoms with Crippen LogP contribution < -0.4 is 5.32 Å². The van der Waals surface area contributed by atoms with Crippen LogP contribution in [-0.4, -0.2) is 50.9 Å². The van der Waals surface area contributed by atoms with E-state index in [0.29, 0.717) is 0 Å². The summed E-state index contributed by atoms with van der Waals surface area (Å²) >= 11 is 0. The van der Waals surface area contributed by atoms with E-state index in [1.54, 1.807) is 7.05 Å². The van der Waals surface area contributed by atoms with Crippen LogP contribution in [0.5, 0.6) is 0 Å². The Morgan fingerprint density at radius 3 is 2.21 bits per heavy atom. The van der Waals surface area contributed by atoms with Crippen molar-refractivity contribution in [1.29, 1.82) is 0 Å². The number of carboxylic acids is 1. The molecule has 2 N–H and O–H groups in total. The van der Waals surface area contributed by atoms with Crippen molar-refractivity contribution >= 4 is 23.8 Å². The van der Waals surface area contributed by atoms with Crippen molar-refractivity contribution in [3.63, 3.8) is 0 Å². The standard InChI is InChI=1S/C30H28N4O5/c1-33-18-25(29(37)34(16-15-27(35)36)17-20-9-3-2-4-10-20)28(32-33)31-30(38)39-19-26-23-13-7-5-11-21(23)22-12-6-8-14-24(22)26/h2-14,18,26H,15-17,19H2,1H3,(H,35,36)(H,31,32,38). The van der Waals surface area contributed by atoms with Gasteiger partial charge in [0.1, 0.15) is 12.2 Å². The number of nitrogens with zero attached hydrogens (tertiary/aromatic N) is 3. The zero-order valence-electron chi connectivity index (χ0n) is 21.4. The monoisotopic (exact) mass is 524 g/mol. The average Bonchev–Trinajstić information content (AvgIpc) is 3.47. The van der Waals surface area contributed by atoms with Crippen molar-refractivity contribution in [2.45, 2.75) is 18.9 Å². The van der Waals surface area contributed by atoms with Gasteiger partial charge < -0.3 is 14.7 Å². The highest BCUT2D eigenvalue weighted by molar-refractivity contribution is 6.01. The second-order valence-electron chi connectivity index (χ2n) is 9.37. The quantitative estimate of drug-likeness (QED) is 0.322. The Morgan fingerprint density at radius 1 is 0.949 bits per heavy atom. The third-order valence-electron chi connectivity index (χ3n) is 6.72. The van der Waals surface area contributed by atoms with E-state index in [4.69, 9.17) is 4.74 Å². The molecule has 3 aromatic carbocycles. The SMILES string of the molecule is Cn1cc(C(=O)N(CCC(=O)O)Cc2ccccc2)c(NC(=O)OCC2c3ccccc3-c3ccccc32)n1. The van der Waals surface area contributed by atoms with Crippen molar-refractivity contribution in [1.82, 2.24) is 14.7 Å². The number of hydrogen-bond donors (Lipinski definition) is 2. The van der Waals surface area contributed by atoms with Crippen molar-refractivity contribution < 1.29 is 24.2 Å². The van der Waals surface area contributed by atoms with E-state index in [-0.39, 0.29) is 43.4 Å². The van der Waals surface area contributed by atoms with E-state index < -0.39 is 18.0 Å². The first kappa shape index (κ1) is 25.7. The van der Waals surface area contributed by atoms with Gasteiger partial charge in [-0.2, -0.15) is 5.10 Å². The normalized spacial score (nSPS) is 11.9. The van der Waals surface area contributed by atoms with Gasteiger partial charge in [-0.05, 0) is 27.8 Å². The van der Waals surface area contributed by atoms with Crippen molar-refractivity contribution in [2.75, 3.05) is 18.5 Å². The molecule has 0 bridgehead atoms. The third-order valence-corrected chi connectivity index (χ3v) is 6.72. The predicted octanol–water partition coefficient (Wildman–Crippen LogP) is 4.90. The minimum absolute atomic E-state index is 0.00232. The first-order valence-electron chi connectivity index (χ1n) is 12.6. The Hall–Kier alpha value is -4.92. The predicted molar refractivity (Wildman–Crippen MR) is 145 cm³/mol. The van der Waals surface area contributed by atoms with Crippen LogP contribution in [0.4, 0.5) is 10.6 Å². The van der Waals surface area contributed by atoms with Crippen LogP contribution in [0.3, 0.4) is 0 Å². The van der Waals surface area contributed by atoms with Crippen molar-refractivity contribution in [3.8, 4) is 11.1 Å². The zero-order valence-corrected chi connectivity index (χ0v) is 21.4. The first-order chi connectivity index (χ1) is 18.9. The van der Waals surface area contributed by atoms with Gasteiger partial charge in [-0.25, -0.2) is 4.79 Å². The summed E-state index contributed by atoms with van der Waals surface area (Å²) in [6, 6.07) is 25.4. The largest absolute Gasteiger partial charge is 0.481 e. The smallest absolute Gasteiger partial charge is 0.412 e. The van der Waals surface area contributed by atoms with Crippen LogP contribution in [0, 0.1) is 0 Å². The summed E-state index contributed by atoms with van der Waals surface area (Å²) in [5, 5.41) is 16.1. The minimum atomic E-state index is -1.01. The van der Waals surface area contributed by atoms with E-state index in [1.165, 1.54) is 15.8 Å². The number of aliphatic carboxylic acids is 1. The summed E-state index contributed by atoms with van der Waals surface area (Å²) in [6.45, 7) is 0.337. The second-order valence-corrected chi connectivity index (χ2v) is 9.37. The fraction of sp³-hybridized carbons (Fsp3) is 0.200. The van der Waals surface area contributed by atoms with Crippen LogP contribution >= 0.6 is 0 Å². The number of carbonyl (C=O) groups is 3. The van der Waals surface area contributed by atoms with Crippen molar-refractivity contribution in [3.05, 3.63) is 107 Å². The molecule has 2 amide bonds. The number of aromatic nitrogens is 2. The number of benzene rings is 3. The van der Waals surface area contributed by atoms with Gasteiger partial charge in [-0.15, -0.1) is 0 Å². The van der Waals surface area contributed by atoms with Gasteiger partial charge in [0.25, 0.3) is 5.91 Å². The number of aryl methyl sites for hydroxylation is 1. The van der Waals surface area contributed by atoms with E-state index >= 15 is 0 Å². The molecule has 0 atom stereocenters. The first-order valence-corrected chi connectivity index (χ1v) is 12.6. The molecule has 4 aromatic rings. The molecule has 0 fully saturated rings. The Kier molecular flexibility index (Phi) is 7.40. The summed E-state index contributed by atoms with van der Waals surface area (Å²) < 4.78 is 7.04. The summed E-state index contributed by atoms with van der Waals surface area (Å²) in [6.07, 6.45) is 0.554. The molecule has 0 saturated heterocycles. The van der Waals surface area contributed by atoms with Gasteiger partial charge in [0.05, 0.1) is 6.42 Å². The van der Waals surface area contributed by atoms with E-state index in [2.05, 4.69) is 22.5 Å². The van der Waals surface area contributed by atoms with E-state index in [9.17, 15) is 19.5 Å². The molecule has 0 spiro atoms.